The van der Waals surface area contributed by atoms with Crippen LogP contribution in [-0.4, -0.2) is 85.6 Å². The monoisotopic (exact) mass is 520 g/mol. The number of rotatable bonds is 8. The van der Waals surface area contributed by atoms with Crippen molar-refractivity contribution in [2.24, 2.45) is 0 Å². The summed E-state index contributed by atoms with van der Waals surface area (Å²) in [7, 11) is 1.68. The van der Waals surface area contributed by atoms with Gasteiger partial charge in [-0.2, -0.15) is 0 Å². The molecule has 2 unspecified atom stereocenters. The van der Waals surface area contributed by atoms with E-state index in [2.05, 4.69) is 30.5 Å². The van der Waals surface area contributed by atoms with Gasteiger partial charge in [0.05, 0.1) is 43.7 Å². The lowest BCUT2D eigenvalue weighted by atomic mass is 9.92. The standard InChI is InChI=1S/C28H44N2O7/c1-19(8-11-23-15-28(18-35-28)14-21(3)36-23)9-13-25-33-16-22(17-34-25)29-24(31)12-10-20(2)37-26(32)30(7)27(4,5)6/h8-12,20-23,25H,13-18H2,1-7H3,(H,29,31)/t20?,21?,22?,23-,25?,28-/m1/s1. The van der Waals surface area contributed by atoms with Crippen LogP contribution in [0.5, 0.6) is 0 Å². The number of nitrogens with one attached hydrogen (secondary N) is 1. The summed E-state index contributed by atoms with van der Waals surface area (Å²) in [6, 6.07) is -0.245. The summed E-state index contributed by atoms with van der Waals surface area (Å²) in [6.07, 6.45) is 10.7. The summed E-state index contributed by atoms with van der Waals surface area (Å²) in [5.41, 5.74) is 0.813. The summed E-state index contributed by atoms with van der Waals surface area (Å²) in [5.74, 6) is -0.291. The number of nitrogens with zero attached hydrogens (tertiary/aromatic N) is 1. The van der Waals surface area contributed by atoms with Crippen molar-refractivity contribution in [3.8, 4) is 0 Å². The third-order valence-corrected chi connectivity index (χ3v) is 6.80. The van der Waals surface area contributed by atoms with Gasteiger partial charge in [0.25, 0.3) is 0 Å². The molecule has 37 heavy (non-hydrogen) atoms. The Morgan fingerprint density at radius 3 is 2.49 bits per heavy atom. The Morgan fingerprint density at radius 2 is 1.86 bits per heavy atom. The van der Waals surface area contributed by atoms with Crippen LogP contribution in [-0.2, 0) is 28.5 Å². The van der Waals surface area contributed by atoms with Gasteiger partial charge in [-0.1, -0.05) is 23.8 Å². The van der Waals surface area contributed by atoms with Crippen LogP contribution in [0.4, 0.5) is 4.79 Å². The van der Waals surface area contributed by atoms with E-state index in [1.54, 1.807) is 20.0 Å². The molecule has 0 aliphatic carbocycles. The number of amides is 2. The van der Waals surface area contributed by atoms with Gasteiger partial charge >= 0.3 is 6.09 Å². The number of epoxide rings is 1. The maximum Gasteiger partial charge on any atom is 0.410 e. The first kappa shape index (κ1) is 29.4. The van der Waals surface area contributed by atoms with E-state index in [0.717, 1.165) is 25.0 Å². The molecule has 2 amide bonds. The minimum absolute atomic E-state index is 0.0456. The molecule has 3 heterocycles. The molecule has 0 radical (unpaired) electrons. The van der Waals surface area contributed by atoms with E-state index >= 15 is 0 Å². The number of hydrogen-bond donors (Lipinski definition) is 1. The van der Waals surface area contributed by atoms with E-state index in [9.17, 15) is 9.59 Å². The van der Waals surface area contributed by atoms with E-state index in [4.69, 9.17) is 23.7 Å². The Kier molecular flexibility index (Phi) is 9.97. The molecule has 4 atom stereocenters. The lowest BCUT2D eigenvalue weighted by molar-refractivity contribution is -0.187. The molecule has 9 heteroatoms. The van der Waals surface area contributed by atoms with E-state index in [-0.39, 0.29) is 41.6 Å². The Labute approximate surface area is 221 Å². The quantitative estimate of drug-likeness (QED) is 0.295. The van der Waals surface area contributed by atoms with E-state index < -0.39 is 12.2 Å². The smallest absolute Gasteiger partial charge is 0.410 e. The molecule has 0 bridgehead atoms. The number of carbonyl (C=O) groups excluding carboxylic acids is 2. The van der Waals surface area contributed by atoms with Crippen LogP contribution in [0.15, 0.2) is 36.0 Å². The predicted molar refractivity (Wildman–Crippen MR) is 140 cm³/mol. The second kappa shape index (κ2) is 12.6. The van der Waals surface area contributed by atoms with Crippen LogP contribution in [0.3, 0.4) is 0 Å². The van der Waals surface area contributed by atoms with Crippen molar-refractivity contribution in [1.82, 2.24) is 10.2 Å². The molecule has 0 saturated carbocycles. The van der Waals surface area contributed by atoms with Gasteiger partial charge in [-0.15, -0.1) is 0 Å². The van der Waals surface area contributed by atoms with Crippen molar-refractivity contribution >= 4 is 12.0 Å². The average molecular weight is 521 g/mol. The first-order valence-corrected chi connectivity index (χ1v) is 13.2. The summed E-state index contributed by atoms with van der Waals surface area (Å²) < 4.78 is 28.6. The molecule has 0 aromatic carbocycles. The molecule has 3 fully saturated rings. The Morgan fingerprint density at radius 1 is 1.19 bits per heavy atom. The Balaban J connectivity index is 1.33. The van der Waals surface area contributed by atoms with Crippen molar-refractivity contribution in [2.45, 2.75) is 103 Å². The van der Waals surface area contributed by atoms with Gasteiger partial charge in [0.15, 0.2) is 6.29 Å². The largest absolute Gasteiger partial charge is 0.442 e. The van der Waals surface area contributed by atoms with Gasteiger partial charge in [0.2, 0.25) is 5.91 Å². The SMILES string of the molecule is CC(C=C[C@@H]1C[C@@]2(CO2)CC(C)O1)=CCC1OCC(NC(=O)C=CC(C)OC(=O)N(C)C(C)(C)C)CO1. The van der Waals surface area contributed by atoms with Gasteiger partial charge in [0.1, 0.15) is 6.10 Å². The maximum absolute atomic E-state index is 12.3. The fourth-order valence-corrected chi connectivity index (χ4v) is 4.21. The highest BCUT2D eigenvalue weighted by Crippen LogP contribution is 2.42. The molecule has 3 rings (SSSR count). The maximum atomic E-state index is 12.3. The average Bonchev–Trinajstić information content (AvgIpc) is 3.56. The highest BCUT2D eigenvalue weighted by molar-refractivity contribution is 5.87. The predicted octanol–water partition coefficient (Wildman–Crippen LogP) is 3.88. The molecular formula is C28H44N2O7. The summed E-state index contributed by atoms with van der Waals surface area (Å²) in [5, 5.41) is 2.85. The van der Waals surface area contributed by atoms with Gasteiger partial charge < -0.3 is 33.9 Å². The molecule has 0 aromatic rings. The molecule has 3 saturated heterocycles. The highest BCUT2D eigenvalue weighted by atomic mass is 16.7. The van der Waals surface area contributed by atoms with Crippen LogP contribution in [0.1, 0.15) is 60.8 Å². The molecule has 3 aliphatic heterocycles. The van der Waals surface area contributed by atoms with Crippen molar-refractivity contribution in [3.63, 3.8) is 0 Å². The molecule has 208 valence electrons. The zero-order valence-corrected chi connectivity index (χ0v) is 23.3. The van der Waals surface area contributed by atoms with Crippen LogP contribution in [0, 0.1) is 0 Å². The van der Waals surface area contributed by atoms with Gasteiger partial charge in [-0.3, -0.25) is 4.79 Å². The second-order valence-electron chi connectivity index (χ2n) is 11.4. The molecule has 9 nitrogen and oxygen atoms in total. The normalized spacial score (nSPS) is 31.5. The first-order chi connectivity index (χ1) is 17.3. The summed E-state index contributed by atoms with van der Waals surface area (Å²) >= 11 is 0. The lowest BCUT2D eigenvalue weighted by Crippen LogP contribution is -2.46. The number of carbonyl (C=O) groups is 2. The van der Waals surface area contributed by atoms with Crippen molar-refractivity contribution in [2.75, 3.05) is 26.9 Å². The van der Waals surface area contributed by atoms with Crippen LogP contribution < -0.4 is 5.32 Å². The first-order valence-electron chi connectivity index (χ1n) is 13.2. The Bertz CT molecular complexity index is 879. The van der Waals surface area contributed by atoms with Crippen LogP contribution in [0.2, 0.25) is 0 Å². The zero-order valence-electron chi connectivity index (χ0n) is 23.3. The third kappa shape index (κ3) is 9.56. The van der Waals surface area contributed by atoms with Crippen LogP contribution >= 0.6 is 0 Å². The van der Waals surface area contributed by atoms with Crippen LogP contribution in [0.25, 0.3) is 0 Å². The topological polar surface area (TPSA) is 98.9 Å². The molecule has 1 N–H and O–H groups in total. The van der Waals surface area contributed by atoms with E-state index in [0.29, 0.717) is 19.6 Å². The molecule has 1 spiro atoms. The third-order valence-electron chi connectivity index (χ3n) is 6.80. The van der Waals surface area contributed by atoms with E-state index in [1.807, 2.05) is 27.7 Å². The van der Waals surface area contributed by atoms with Crippen molar-refractivity contribution in [1.29, 1.82) is 0 Å². The number of ether oxygens (including phenoxy) is 5. The lowest BCUT2D eigenvalue weighted by Gasteiger charge is -2.31. The second-order valence-corrected chi connectivity index (χ2v) is 11.4. The minimum Gasteiger partial charge on any atom is -0.442 e. The zero-order chi connectivity index (χ0) is 27.2. The van der Waals surface area contributed by atoms with Crippen molar-refractivity contribution in [3.05, 3.63) is 36.0 Å². The minimum atomic E-state index is -0.536. The molecule has 3 aliphatic rings. The summed E-state index contributed by atoms with van der Waals surface area (Å²) in [4.78, 5) is 25.9. The van der Waals surface area contributed by atoms with Gasteiger partial charge in [0, 0.05) is 37.9 Å². The fraction of sp³-hybridized carbons (Fsp3) is 0.714. The fourth-order valence-electron chi connectivity index (χ4n) is 4.21. The number of allylic oxidation sites excluding steroid dienone is 2. The highest BCUT2D eigenvalue weighted by Gasteiger charge is 2.50. The van der Waals surface area contributed by atoms with Gasteiger partial charge in [-0.25, -0.2) is 4.79 Å². The Hall–Kier alpha value is -2.20. The molecule has 0 aromatic heterocycles. The number of hydrogen-bond acceptors (Lipinski definition) is 7. The van der Waals surface area contributed by atoms with Crippen molar-refractivity contribution < 1.29 is 33.3 Å². The van der Waals surface area contributed by atoms with Gasteiger partial charge in [-0.05, 0) is 47.6 Å². The molecular weight excluding hydrogens is 476 g/mol. The summed E-state index contributed by atoms with van der Waals surface area (Å²) in [6.45, 7) is 13.2. The van der Waals surface area contributed by atoms with E-state index in [1.165, 1.54) is 11.0 Å².